The number of aromatic nitrogens is 2. The topological polar surface area (TPSA) is 29.3 Å². The molecule has 4 aromatic rings. The molecule has 2 aromatic carbocycles. The lowest BCUT2D eigenvalue weighted by molar-refractivity contribution is 0.628. The summed E-state index contributed by atoms with van der Waals surface area (Å²) in [5.41, 5.74) is 9.84. The van der Waals surface area contributed by atoms with Crippen LogP contribution in [0.1, 0.15) is 28.1 Å². The van der Waals surface area contributed by atoms with Gasteiger partial charge in [0.05, 0.1) is 11.4 Å². The maximum absolute atomic E-state index is 13.4. The molecule has 0 spiro atoms. The van der Waals surface area contributed by atoms with Crippen molar-refractivity contribution in [1.82, 2.24) is 9.38 Å². The van der Waals surface area contributed by atoms with Gasteiger partial charge in [0.1, 0.15) is 5.82 Å². The van der Waals surface area contributed by atoms with Crippen LogP contribution in [0.15, 0.2) is 54.7 Å². The van der Waals surface area contributed by atoms with E-state index in [-0.39, 0.29) is 5.82 Å². The van der Waals surface area contributed by atoms with E-state index in [2.05, 4.69) is 61.0 Å². The van der Waals surface area contributed by atoms with Crippen molar-refractivity contribution in [3.05, 3.63) is 88.6 Å². The molecular formula is C24H24FN3. The molecular weight excluding hydrogens is 349 g/mol. The van der Waals surface area contributed by atoms with E-state index in [1.54, 1.807) is 0 Å². The van der Waals surface area contributed by atoms with E-state index in [1.807, 2.05) is 19.1 Å². The molecule has 0 fully saturated rings. The number of benzene rings is 2. The van der Waals surface area contributed by atoms with Crippen LogP contribution in [-0.2, 0) is 6.54 Å². The smallest absolute Gasteiger partial charge is 0.160 e. The van der Waals surface area contributed by atoms with Crippen molar-refractivity contribution in [3.63, 3.8) is 0 Å². The van der Waals surface area contributed by atoms with Gasteiger partial charge in [-0.25, -0.2) is 9.37 Å². The number of nitrogens with zero attached hydrogens (tertiary/aromatic N) is 2. The third-order valence-corrected chi connectivity index (χ3v) is 5.47. The maximum atomic E-state index is 13.4. The number of hydrogen-bond acceptors (Lipinski definition) is 2. The summed E-state index contributed by atoms with van der Waals surface area (Å²) in [5, 5.41) is 3.59. The predicted molar refractivity (Wildman–Crippen MR) is 113 cm³/mol. The largest absolute Gasteiger partial charge is 0.378 e. The maximum Gasteiger partial charge on any atom is 0.160 e. The van der Waals surface area contributed by atoms with Gasteiger partial charge in [0.15, 0.2) is 5.65 Å². The Morgan fingerprint density at radius 3 is 2.29 bits per heavy atom. The number of imidazole rings is 1. The molecule has 0 atom stereocenters. The SMILES string of the molecule is Cc1cccc(C)c1CNc1cc(-c2ccc(F)cc2)cn2c(C)c(C)nc12. The van der Waals surface area contributed by atoms with Crippen LogP contribution in [0.25, 0.3) is 16.8 Å². The third-order valence-electron chi connectivity index (χ3n) is 5.47. The van der Waals surface area contributed by atoms with E-state index < -0.39 is 0 Å². The first-order valence-corrected chi connectivity index (χ1v) is 9.48. The average molecular weight is 373 g/mol. The molecule has 0 aliphatic heterocycles. The highest BCUT2D eigenvalue weighted by atomic mass is 19.1. The molecule has 4 rings (SSSR count). The van der Waals surface area contributed by atoms with Crippen molar-refractivity contribution < 1.29 is 4.39 Å². The van der Waals surface area contributed by atoms with E-state index in [4.69, 9.17) is 4.98 Å². The van der Waals surface area contributed by atoms with Gasteiger partial charge < -0.3 is 9.72 Å². The summed E-state index contributed by atoms with van der Waals surface area (Å²) < 4.78 is 15.5. The van der Waals surface area contributed by atoms with Gasteiger partial charge in [0.25, 0.3) is 0 Å². The minimum atomic E-state index is -0.229. The molecule has 0 radical (unpaired) electrons. The van der Waals surface area contributed by atoms with Gasteiger partial charge >= 0.3 is 0 Å². The zero-order valence-electron chi connectivity index (χ0n) is 16.7. The number of nitrogens with one attached hydrogen (secondary N) is 1. The van der Waals surface area contributed by atoms with Crippen LogP contribution in [0.4, 0.5) is 10.1 Å². The molecule has 0 saturated carbocycles. The fourth-order valence-corrected chi connectivity index (χ4v) is 3.61. The summed E-state index contributed by atoms with van der Waals surface area (Å²) in [4.78, 5) is 4.76. The molecule has 3 nitrogen and oxygen atoms in total. The molecule has 0 aliphatic rings. The van der Waals surface area contributed by atoms with E-state index in [9.17, 15) is 4.39 Å². The lowest BCUT2D eigenvalue weighted by Crippen LogP contribution is -2.05. The minimum absolute atomic E-state index is 0.229. The number of aryl methyl sites for hydroxylation is 4. The predicted octanol–water partition coefficient (Wildman–Crippen LogP) is 5.99. The number of fused-ring (bicyclic) bond motifs is 1. The number of halogens is 1. The molecule has 2 heterocycles. The zero-order chi connectivity index (χ0) is 19.8. The first-order valence-electron chi connectivity index (χ1n) is 9.48. The fourth-order valence-electron chi connectivity index (χ4n) is 3.61. The number of hydrogen-bond donors (Lipinski definition) is 1. The minimum Gasteiger partial charge on any atom is -0.378 e. The number of anilines is 1. The van der Waals surface area contributed by atoms with Crippen molar-refractivity contribution in [3.8, 4) is 11.1 Å². The van der Waals surface area contributed by atoms with Gasteiger partial charge in [0.2, 0.25) is 0 Å². The first-order chi connectivity index (χ1) is 13.4. The van der Waals surface area contributed by atoms with Crippen LogP contribution in [-0.4, -0.2) is 9.38 Å². The van der Waals surface area contributed by atoms with Gasteiger partial charge in [-0.3, -0.25) is 0 Å². The molecule has 0 aliphatic carbocycles. The van der Waals surface area contributed by atoms with Crippen LogP contribution in [0.5, 0.6) is 0 Å². The fraction of sp³-hybridized carbons (Fsp3) is 0.208. The van der Waals surface area contributed by atoms with Gasteiger partial charge in [-0.2, -0.15) is 0 Å². The van der Waals surface area contributed by atoms with E-state index in [0.717, 1.165) is 40.4 Å². The molecule has 2 aromatic heterocycles. The van der Waals surface area contributed by atoms with E-state index in [0.29, 0.717) is 0 Å². The zero-order valence-corrected chi connectivity index (χ0v) is 16.7. The lowest BCUT2D eigenvalue weighted by atomic mass is 10.0. The Hall–Kier alpha value is -3.14. The van der Waals surface area contributed by atoms with Crippen molar-refractivity contribution >= 4 is 11.3 Å². The Labute approximate surface area is 164 Å². The van der Waals surface area contributed by atoms with Crippen LogP contribution in [0, 0.1) is 33.5 Å². The highest BCUT2D eigenvalue weighted by Gasteiger charge is 2.13. The molecule has 4 heteroatoms. The Morgan fingerprint density at radius 2 is 1.61 bits per heavy atom. The van der Waals surface area contributed by atoms with Crippen LogP contribution < -0.4 is 5.32 Å². The summed E-state index contributed by atoms with van der Waals surface area (Å²) in [6, 6.07) is 15.1. The second-order valence-electron chi connectivity index (χ2n) is 7.35. The Balaban J connectivity index is 1.80. The normalized spacial score (nSPS) is 11.2. The molecule has 1 N–H and O–H groups in total. The van der Waals surface area contributed by atoms with Gasteiger partial charge in [-0.1, -0.05) is 30.3 Å². The van der Waals surface area contributed by atoms with Crippen LogP contribution in [0.3, 0.4) is 0 Å². The standard InChI is InChI=1S/C24H24FN3/c1-15-6-5-7-16(2)22(15)13-26-23-12-20(19-8-10-21(25)11-9-19)14-28-18(4)17(3)27-24(23)28/h5-12,14,26H,13H2,1-4H3. The highest BCUT2D eigenvalue weighted by Crippen LogP contribution is 2.29. The molecule has 0 bridgehead atoms. The molecule has 142 valence electrons. The average Bonchev–Trinajstić information content (AvgIpc) is 2.96. The van der Waals surface area contributed by atoms with Crippen LogP contribution >= 0.6 is 0 Å². The molecule has 0 amide bonds. The Kier molecular flexibility index (Phi) is 4.63. The monoisotopic (exact) mass is 373 g/mol. The molecule has 0 saturated heterocycles. The van der Waals surface area contributed by atoms with Crippen molar-refractivity contribution in [2.24, 2.45) is 0 Å². The lowest BCUT2D eigenvalue weighted by Gasteiger charge is -2.14. The second kappa shape index (κ2) is 7.12. The van der Waals surface area contributed by atoms with Gasteiger partial charge in [0, 0.05) is 24.0 Å². The first kappa shape index (κ1) is 18.2. The molecule has 28 heavy (non-hydrogen) atoms. The van der Waals surface area contributed by atoms with E-state index in [1.165, 1.54) is 28.8 Å². The summed E-state index contributed by atoms with van der Waals surface area (Å²) in [7, 11) is 0. The highest BCUT2D eigenvalue weighted by molar-refractivity contribution is 5.77. The summed E-state index contributed by atoms with van der Waals surface area (Å²) in [6.45, 7) is 9.09. The van der Waals surface area contributed by atoms with Crippen molar-refractivity contribution in [2.75, 3.05) is 5.32 Å². The summed E-state index contributed by atoms with van der Waals surface area (Å²) in [5.74, 6) is -0.229. The Bertz CT molecular complexity index is 1140. The Morgan fingerprint density at radius 1 is 0.929 bits per heavy atom. The van der Waals surface area contributed by atoms with Gasteiger partial charge in [-0.05, 0) is 68.1 Å². The van der Waals surface area contributed by atoms with E-state index >= 15 is 0 Å². The van der Waals surface area contributed by atoms with Crippen LogP contribution in [0.2, 0.25) is 0 Å². The van der Waals surface area contributed by atoms with Gasteiger partial charge in [-0.15, -0.1) is 0 Å². The number of rotatable bonds is 4. The quantitative estimate of drug-likeness (QED) is 0.476. The molecule has 0 unspecified atom stereocenters. The summed E-state index contributed by atoms with van der Waals surface area (Å²) >= 11 is 0. The second-order valence-corrected chi connectivity index (χ2v) is 7.35. The number of pyridine rings is 1. The third kappa shape index (κ3) is 3.26. The van der Waals surface area contributed by atoms with Crippen molar-refractivity contribution in [2.45, 2.75) is 34.2 Å². The van der Waals surface area contributed by atoms with Crippen molar-refractivity contribution in [1.29, 1.82) is 0 Å². The summed E-state index contributed by atoms with van der Waals surface area (Å²) in [6.07, 6.45) is 2.07.